The van der Waals surface area contributed by atoms with Gasteiger partial charge in [-0.3, -0.25) is 0 Å². The van der Waals surface area contributed by atoms with E-state index in [4.69, 9.17) is 4.74 Å². The van der Waals surface area contributed by atoms with E-state index >= 15 is 0 Å². The Morgan fingerprint density at radius 2 is 2.43 bits per heavy atom. The topological polar surface area (TPSA) is 21.3 Å². The Bertz CT molecular complexity index is 333. The molecule has 0 aromatic heterocycles. The first-order chi connectivity index (χ1) is 6.90. The zero-order valence-corrected chi connectivity index (χ0v) is 8.25. The van der Waals surface area contributed by atoms with Crippen molar-refractivity contribution in [2.75, 3.05) is 13.2 Å². The van der Waals surface area contributed by atoms with Crippen LogP contribution in [0.15, 0.2) is 30.9 Å². The van der Waals surface area contributed by atoms with Crippen molar-refractivity contribution < 1.29 is 4.74 Å². The summed E-state index contributed by atoms with van der Waals surface area (Å²) in [5.41, 5.74) is 2.65. The van der Waals surface area contributed by atoms with Crippen LogP contribution >= 0.6 is 0 Å². The van der Waals surface area contributed by atoms with Crippen LogP contribution < -0.4 is 10.1 Å². The zero-order chi connectivity index (χ0) is 9.80. The third-order valence-corrected chi connectivity index (χ3v) is 2.37. The number of nitrogens with one attached hydrogen (secondary N) is 1. The predicted octanol–water partition coefficient (Wildman–Crippen LogP) is 1.90. The van der Waals surface area contributed by atoms with Gasteiger partial charge in [0.15, 0.2) is 0 Å². The number of fused-ring (bicyclic) bond motifs is 1. The van der Waals surface area contributed by atoms with Gasteiger partial charge in [0, 0.05) is 19.5 Å². The lowest BCUT2D eigenvalue weighted by Crippen LogP contribution is -2.12. The van der Waals surface area contributed by atoms with Crippen LogP contribution in [0, 0.1) is 0 Å². The van der Waals surface area contributed by atoms with Crippen LogP contribution in [0.5, 0.6) is 5.75 Å². The summed E-state index contributed by atoms with van der Waals surface area (Å²) in [6.45, 7) is 6.26. The van der Waals surface area contributed by atoms with Crippen LogP contribution in [-0.4, -0.2) is 13.2 Å². The van der Waals surface area contributed by atoms with Crippen molar-refractivity contribution in [1.29, 1.82) is 0 Å². The van der Waals surface area contributed by atoms with Crippen molar-refractivity contribution in [3.63, 3.8) is 0 Å². The minimum Gasteiger partial charge on any atom is -0.493 e. The normalized spacial score (nSPS) is 13.4. The Labute approximate surface area is 84.6 Å². The molecule has 2 nitrogen and oxygen atoms in total. The van der Waals surface area contributed by atoms with Gasteiger partial charge in [0.25, 0.3) is 0 Å². The van der Waals surface area contributed by atoms with Crippen LogP contribution in [0.1, 0.15) is 11.1 Å². The highest BCUT2D eigenvalue weighted by Gasteiger charge is 2.11. The number of rotatable bonds is 4. The molecule has 1 heterocycles. The molecule has 1 aromatic rings. The fourth-order valence-electron chi connectivity index (χ4n) is 1.67. The molecule has 1 aliphatic heterocycles. The number of hydrogen-bond acceptors (Lipinski definition) is 2. The molecular formula is C12H15NO. The molecule has 74 valence electrons. The maximum Gasteiger partial charge on any atom is 0.122 e. The fraction of sp³-hybridized carbons (Fsp3) is 0.333. The molecule has 0 saturated carbocycles. The van der Waals surface area contributed by atoms with E-state index in [1.54, 1.807) is 0 Å². The van der Waals surface area contributed by atoms with Crippen molar-refractivity contribution in [2.24, 2.45) is 0 Å². The largest absolute Gasteiger partial charge is 0.493 e. The van der Waals surface area contributed by atoms with E-state index in [-0.39, 0.29) is 0 Å². The molecule has 0 aliphatic carbocycles. The summed E-state index contributed by atoms with van der Waals surface area (Å²) in [4.78, 5) is 0. The zero-order valence-electron chi connectivity index (χ0n) is 8.25. The molecule has 0 spiro atoms. The summed E-state index contributed by atoms with van der Waals surface area (Å²) in [7, 11) is 0. The van der Waals surface area contributed by atoms with E-state index in [1.807, 2.05) is 6.08 Å². The fourth-order valence-corrected chi connectivity index (χ4v) is 1.67. The van der Waals surface area contributed by atoms with Crippen molar-refractivity contribution in [3.05, 3.63) is 42.0 Å². The molecule has 1 N–H and O–H groups in total. The van der Waals surface area contributed by atoms with Gasteiger partial charge in [-0.25, -0.2) is 0 Å². The lowest BCUT2D eigenvalue weighted by atomic mass is 10.1. The Kier molecular flexibility index (Phi) is 2.84. The third-order valence-electron chi connectivity index (χ3n) is 2.37. The van der Waals surface area contributed by atoms with Gasteiger partial charge in [-0.2, -0.15) is 0 Å². The van der Waals surface area contributed by atoms with Gasteiger partial charge < -0.3 is 10.1 Å². The highest BCUT2D eigenvalue weighted by Crippen LogP contribution is 2.25. The molecule has 0 atom stereocenters. The van der Waals surface area contributed by atoms with E-state index in [1.165, 1.54) is 11.1 Å². The van der Waals surface area contributed by atoms with Gasteiger partial charge in [0.05, 0.1) is 6.61 Å². The minimum atomic E-state index is 0.832. The van der Waals surface area contributed by atoms with Crippen molar-refractivity contribution in [1.82, 2.24) is 5.32 Å². The second-order valence-electron chi connectivity index (χ2n) is 3.46. The first kappa shape index (κ1) is 9.28. The van der Waals surface area contributed by atoms with E-state index in [2.05, 4.69) is 30.1 Å². The van der Waals surface area contributed by atoms with Crippen LogP contribution in [0.3, 0.4) is 0 Å². The summed E-state index contributed by atoms with van der Waals surface area (Å²) in [6, 6.07) is 6.39. The van der Waals surface area contributed by atoms with Crippen molar-refractivity contribution in [2.45, 2.75) is 13.0 Å². The molecule has 2 rings (SSSR count). The molecule has 0 unspecified atom stereocenters. The van der Waals surface area contributed by atoms with Gasteiger partial charge in [-0.05, 0) is 17.2 Å². The van der Waals surface area contributed by atoms with E-state index in [0.717, 1.165) is 31.9 Å². The quantitative estimate of drug-likeness (QED) is 0.577. The summed E-state index contributed by atoms with van der Waals surface area (Å²) in [5, 5.41) is 3.28. The smallest absolute Gasteiger partial charge is 0.122 e. The predicted molar refractivity (Wildman–Crippen MR) is 57.5 cm³/mol. The average Bonchev–Trinajstić information content (AvgIpc) is 2.65. The Morgan fingerprint density at radius 3 is 3.29 bits per heavy atom. The lowest BCUT2D eigenvalue weighted by Gasteiger charge is -2.04. The summed E-state index contributed by atoms with van der Waals surface area (Å²) in [6.07, 6.45) is 2.92. The maximum atomic E-state index is 5.44. The van der Waals surface area contributed by atoms with Crippen molar-refractivity contribution in [3.8, 4) is 5.75 Å². The average molecular weight is 189 g/mol. The molecule has 1 aliphatic rings. The molecule has 0 radical (unpaired) electrons. The van der Waals surface area contributed by atoms with E-state index < -0.39 is 0 Å². The molecule has 0 bridgehead atoms. The maximum absolute atomic E-state index is 5.44. The molecule has 2 heteroatoms. The Hall–Kier alpha value is -1.28. The first-order valence-corrected chi connectivity index (χ1v) is 4.96. The summed E-state index contributed by atoms with van der Waals surface area (Å²) >= 11 is 0. The van der Waals surface area contributed by atoms with Crippen LogP contribution in [0.2, 0.25) is 0 Å². The number of benzene rings is 1. The molecule has 0 fully saturated rings. The van der Waals surface area contributed by atoms with Crippen LogP contribution in [-0.2, 0) is 13.0 Å². The highest BCUT2D eigenvalue weighted by molar-refractivity contribution is 5.39. The highest BCUT2D eigenvalue weighted by atomic mass is 16.5. The summed E-state index contributed by atoms with van der Waals surface area (Å²) in [5.74, 6) is 1.05. The molecule has 0 saturated heterocycles. The Balaban J connectivity index is 2.01. The number of ether oxygens (including phenoxy) is 1. The second kappa shape index (κ2) is 4.29. The van der Waals surface area contributed by atoms with Gasteiger partial charge >= 0.3 is 0 Å². The van der Waals surface area contributed by atoms with E-state index in [0.29, 0.717) is 0 Å². The van der Waals surface area contributed by atoms with Crippen molar-refractivity contribution >= 4 is 0 Å². The molecular weight excluding hydrogens is 174 g/mol. The second-order valence-corrected chi connectivity index (χ2v) is 3.46. The SMILES string of the molecule is C=CCNCc1ccc2c(c1)CCO2. The monoisotopic (exact) mass is 189 g/mol. The standard InChI is InChI=1S/C12H15NO/c1-2-6-13-9-10-3-4-12-11(8-10)5-7-14-12/h2-4,8,13H,1,5-7,9H2. The molecule has 14 heavy (non-hydrogen) atoms. The Morgan fingerprint density at radius 1 is 1.50 bits per heavy atom. The number of hydrogen-bond donors (Lipinski definition) is 1. The van der Waals surface area contributed by atoms with Gasteiger partial charge in [-0.1, -0.05) is 18.2 Å². The molecule has 0 amide bonds. The van der Waals surface area contributed by atoms with Crippen LogP contribution in [0.4, 0.5) is 0 Å². The van der Waals surface area contributed by atoms with Crippen LogP contribution in [0.25, 0.3) is 0 Å². The third kappa shape index (κ3) is 1.96. The van der Waals surface area contributed by atoms with Gasteiger partial charge in [-0.15, -0.1) is 6.58 Å². The summed E-state index contributed by atoms with van der Waals surface area (Å²) < 4.78 is 5.44. The van der Waals surface area contributed by atoms with Gasteiger partial charge in [0.1, 0.15) is 5.75 Å². The minimum absolute atomic E-state index is 0.832. The molecule has 1 aromatic carbocycles. The van der Waals surface area contributed by atoms with E-state index in [9.17, 15) is 0 Å². The lowest BCUT2D eigenvalue weighted by molar-refractivity contribution is 0.357. The first-order valence-electron chi connectivity index (χ1n) is 4.96. The van der Waals surface area contributed by atoms with Gasteiger partial charge in [0.2, 0.25) is 0 Å².